The molecule has 5 aromatic rings. The van der Waals surface area contributed by atoms with Crippen molar-refractivity contribution in [2.45, 2.75) is 72.6 Å². The number of rotatable bonds is 2. The smallest absolute Gasteiger partial charge is 1.00 e. The fraction of sp³-hybridized carbons (Fsp3) is 0.275. The molecule has 0 heterocycles. The van der Waals surface area contributed by atoms with Crippen LogP contribution < -0.4 is 24.8 Å². The first kappa shape index (κ1) is 36.9. The summed E-state index contributed by atoms with van der Waals surface area (Å²) in [7, 11) is 0. The molecule has 5 aromatic carbocycles. The van der Waals surface area contributed by atoms with Gasteiger partial charge in [-0.2, -0.15) is 6.08 Å². The van der Waals surface area contributed by atoms with Gasteiger partial charge >= 0.3 is 26.2 Å². The molecular formula is C40H42Cl2Zr. The quantitative estimate of drug-likeness (QED) is 0.214. The number of halogens is 2. The summed E-state index contributed by atoms with van der Waals surface area (Å²) >= 11 is 0. The minimum absolute atomic E-state index is 0. The van der Waals surface area contributed by atoms with Crippen molar-refractivity contribution in [1.29, 1.82) is 0 Å². The molecule has 1 aliphatic carbocycles. The average Bonchev–Trinajstić information content (AvgIpc) is 3.58. The molecule has 0 aromatic heterocycles. The minimum atomic E-state index is 0. The summed E-state index contributed by atoms with van der Waals surface area (Å²) in [6.07, 6.45) is 10.0. The van der Waals surface area contributed by atoms with Crippen LogP contribution in [0.1, 0.15) is 70.2 Å². The summed E-state index contributed by atoms with van der Waals surface area (Å²) in [5.74, 6) is 0. The van der Waals surface area contributed by atoms with Crippen molar-refractivity contribution in [2.24, 2.45) is 0 Å². The van der Waals surface area contributed by atoms with Gasteiger partial charge in [0.2, 0.25) is 0 Å². The van der Waals surface area contributed by atoms with E-state index in [9.17, 15) is 0 Å². The van der Waals surface area contributed by atoms with Gasteiger partial charge in [-0.1, -0.05) is 113 Å². The summed E-state index contributed by atoms with van der Waals surface area (Å²) < 4.78 is 0. The van der Waals surface area contributed by atoms with E-state index in [0.29, 0.717) is 0 Å². The summed E-state index contributed by atoms with van der Waals surface area (Å²) in [4.78, 5) is 0. The molecule has 0 saturated carbocycles. The zero-order valence-corrected chi connectivity index (χ0v) is 30.7. The third-order valence-corrected chi connectivity index (χ3v) is 7.91. The van der Waals surface area contributed by atoms with E-state index in [4.69, 9.17) is 0 Å². The van der Waals surface area contributed by atoms with E-state index < -0.39 is 0 Å². The number of hydrogen-bond donors (Lipinski definition) is 0. The molecule has 220 valence electrons. The number of fused-ring (bicyclic) bond motifs is 3. The van der Waals surface area contributed by atoms with Crippen LogP contribution in [0.3, 0.4) is 0 Å². The van der Waals surface area contributed by atoms with Crippen molar-refractivity contribution in [1.82, 2.24) is 0 Å². The molecule has 0 spiro atoms. The minimum Gasteiger partial charge on any atom is -1.00 e. The summed E-state index contributed by atoms with van der Waals surface area (Å²) in [5, 5.41) is 5.37. The van der Waals surface area contributed by atoms with Crippen LogP contribution >= 0.6 is 0 Å². The van der Waals surface area contributed by atoms with Crippen molar-refractivity contribution in [3.63, 3.8) is 0 Å². The Balaban J connectivity index is 0.000000734. The molecule has 1 aliphatic rings. The van der Waals surface area contributed by atoms with Gasteiger partial charge < -0.3 is 24.8 Å². The van der Waals surface area contributed by atoms with Gasteiger partial charge in [-0.25, -0.2) is 12.2 Å². The SMILES string of the molecule is Cc1ccc(-c2cc3[cH-]c4cc(-c5ccc(C)cc5)c(C(C)(C)C)cc4c3cc2C(C)(C)C)cc1.[C-]1=CC=CC1.[Cl-].[Cl-].[Zr+4]. The van der Waals surface area contributed by atoms with Gasteiger partial charge in [0, 0.05) is 0 Å². The number of aryl methyl sites for hydroxylation is 2. The van der Waals surface area contributed by atoms with E-state index in [-0.39, 0.29) is 61.8 Å². The van der Waals surface area contributed by atoms with E-state index in [1.54, 1.807) is 0 Å². The molecule has 0 unspecified atom stereocenters. The van der Waals surface area contributed by atoms with Crippen LogP contribution in [0.5, 0.6) is 0 Å². The van der Waals surface area contributed by atoms with Gasteiger partial charge in [0.25, 0.3) is 0 Å². The zero-order chi connectivity index (χ0) is 28.7. The molecule has 6 rings (SSSR count). The first-order valence-corrected chi connectivity index (χ1v) is 14.5. The predicted molar refractivity (Wildman–Crippen MR) is 176 cm³/mol. The predicted octanol–water partition coefficient (Wildman–Crippen LogP) is 5.57. The molecule has 0 radical (unpaired) electrons. The molecule has 0 N–H and O–H groups in total. The molecule has 3 heteroatoms. The Hall–Kier alpha value is -2.31. The van der Waals surface area contributed by atoms with Crippen LogP contribution in [0.25, 0.3) is 43.8 Å². The van der Waals surface area contributed by atoms with Gasteiger partial charge in [-0.15, -0.1) is 46.2 Å². The number of allylic oxidation sites excluding steroid dienone is 4. The topological polar surface area (TPSA) is 0 Å². The molecular weight excluding hydrogens is 643 g/mol. The molecule has 0 amide bonds. The second kappa shape index (κ2) is 14.6. The van der Waals surface area contributed by atoms with E-state index in [1.165, 1.54) is 66.1 Å². The van der Waals surface area contributed by atoms with Crippen molar-refractivity contribution in [2.75, 3.05) is 0 Å². The van der Waals surface area contributed by atoms with Crippen molar-refractivity contribution in [3.05, 3.63) is 125 Å². The third-order valence-electron chi connectivity index (χ3n) is 7.91. The molecule has 0 saturated heterocycles. The van der Waals surface area contributed by atoms with Crippen molar-refractivity contribution in [3.8, 4) is 22.3 Å². The molecule has 0 nitrogen and oxygen atoms in total. The zero-order valence-electron chi connectivity index (χ0n) is 26.7. The van der Waals surface area contributed by atoms with Crippen LogP contribution in [0.15, 0.2) is 97.1 Å². The van der Waals surface area contributed by atoms with Crippen LogP contribution in [0.2, 0.25) is 0 Å². The van der Waals surface area contributed by atoms with Gasteiger partial charge in [0.1, 0.15) is 0 Å². The van der Waals surface area contributed by atoms with Gasteiger partial charge in [0.05, 0.1) is 0 Å². The first-order valence-electron chi connectivity index (χ1n) is 14.5. The fourth-order valence-corrected chi connectivity index (χ4v) is 5.63. The second-order valence-electron chi connectivity index (χ2n) is 13.3. The van der Waals surface area contributed by atoms with E-state index in [1.807, 2.05) is 12.2 Å². The maximum Gasteiger partial charge on any atom is 4.00 e. The Bertz CT molecular complexity index is 1590. The summed E-state index contributed by atoms with van der Waals surface area (Å²) in [6.45, 7) is 18.3. The van der Waals surface area contributed by atoms with Gasteiger partial charge in [-0.3, -0.25) is 6.08 Å². The van der Waals surface area contributed by atoms with Crippen molar-refractivity contribution < 1.29 is 51.0 Å². The maximum atomic E-state index is 2.99. The van der Waals surface area contributed by atoms with Crippen LogP contribution in [0, 0.1) is 19.9 Å². The van der Waals surface area contributed by atoms with E-state index in [2.05, 4.69) is 146 Å². The van der Waals surface area contributed by atoms with Crippen LogP contribution in [-0.4, -0.2) is 0 Å². The summed E-state index contributed by atoms with van der Waals surface area (Å²) in [5.41, 5.74) is 10.8. The largest absolute Gasteiger partial charge is 4.00 e. The monoisotopic (exact) mass is 682 g/mol. The second-order valence-corrected chi connectivity index (χ2v) is 13.3. The Morgan fingerprint density at radius 1 is 0.605 bits per heavy atom. The Morgan fingerprint density at radius 3 is 1.28 bits per heavy atom. The first-order chi connectivity index (χ1) is 18.9. The molecule has 0 bridgehead atoms. The standard InChI is InChI=1S/C35H37.C5H5.2ClH.Zr/c1-22-9-13-24(14-10-22)30-18-26-17-27-19-31(25-15-11-23(2)12-16-25)33(35(6,7)8)21-29(27)28(26)20-32(30)34(3,4)5;1-2-4-5-3-1;;;/h9-21H,1-8H3;1-3H,4H2;2*1H;/q2*-1;;;+4/p-2. The van der Waals surface area contributed by atoms with Gasteiger partial charge in [0.15, 0.2) is 0 Å². The maximum absolute atomic E-state index is 2.99. The Labute approximate surface area is 291 Å². The molecule has 0 aliphatic heterocycles. The normalized spacial score (nSPS) is 12.3. The number of benzene rings is 4. The Kier molecular flexibility index (Phi) is 12.6. The number of hydrogen-bond acceptors (Lipinski definition) is 0. The fourth-order valence-electron chi connectivity index (χ4n) is 5.63. The van der Waals surface area contributed by atoms with Crippen LogP contribution in [0.4, 0.5) is 0 Å². The molecule has 0 fully saturated rings. The van der Waals surface area contributed by atoms with E-state index in [0.717, 1.165) is 6.42 Å². The third kappa shape index (κ3) is 8.25. The van der Waals surface area contributed by atoms with Crippen molar-refractivity contribution >= 4 is 21.5 Å². The molecule has 0 atom stereocenters. The van der Waals surface area contributed by atoms with E-state index >= 15 is 0 Å². The average molecular weight is 685 g/mol. The molecule has 43 heavy (non-hydrogen) atoms. The van der Waals surface area contributed by atoms with Crippen LogP contribution in [-0.2, 0) is 37.0 Å². The van der Waals surface area contributed by atoms with Gasteiger partial charge in [-0.05, 0) is 58.1 Å². The summed E-state index contributed by atoms with van der Waals surface area (Å²) in [6, 6.07) is 30.1. The Morgan fingerprint density at radius 2 is 1.00 bits per heavy atom.